The van der Waals surface area contributed by atoms with Gasteiger partial charge in [-0.15, -0.1) is 0 Å². The minimum absolute atomic E-state index is 0.0409. The zero-order chi connectivity index (χ0) is 16.1. The number of urea groups is 1. The van der Waals surface area contributed by atoms with Gasteiger partial charge in [-0.25, -0.2) is 14.6 Å². The molecule has 0 aromatic carbocycles. The molecule has 2 heterocycles. The van der Waals surface area contributed by atoms with E-state index in [4.69, 9.17) is 5.11 Å². The maximum absolute atomic E-state index is 12.3. The second kappa shape index (κ2) is 7.11. The number of carbonyl (C=O) groups is 2. The average Bonchev–Trinajstić information content (AvgIpc) is 2.56. The SMILES string of the molecule is CCN(CC)C(=O)N1CCN(c2cccc(C(=O)O)n2)CC1. The standard InChI is InChI=1S/C15H22N4O3/c1-3-17(4-2)15(22)19-10-8-18(9-11-19)13-7-5-6-12(16-13)14(20)21/h5-7H,3-4,8-11H2,1-2H3,(H,20,21). The number of carboxylic acid groups (broad SMARTS) is 1. The summed E-state index contributed by atoms with van der Waals surface area (Å²) in [4.78, 5) is 33.1. The molecule has 120 valence electrons. The predicted molar refractivity (Wildman–Crippen MR) is 83.3 cm³/mol. The zero-order valence-electron chi connectivity index (χ0n) is 13.0. The van der Waals surface area contributed by atoms with Crippen LogP contribution in [-0.4, -0.2) is 71.2 Å². The molecule has 7 nitrogen and oxygen atoms in total. The number of aromatic nitrogens is 1. The first-order valence-corrected chi connectivity index (χ1v) is 7.56. The fraction of sp³-hybridized carbons (Fsp3) is 0.533. The van der Waals surface area contributed by atoms with Crippen LogP contribution in [-0.2, 0) is 0 Å². The average molecular weight is 306 g/mol. The van der Waals surface area contributed by atoms with Gasteiger partial charge in [0.05, 0.1) is 0 Å². The number of piperazine rings is 1. The van der Waals surface area contributed by atoms with E-state index in [9.17, 15) is 9.59 Å². The van der Waals surface area contributed by atoms with Crippen molar-refractivity contribution in [2.75, 3.05) is 44.2 Å². The second-order valence-corrected chi connectivity index (χ2v) is 5.12. The molecule has 1 aromatic heterocycles. The van der Waals surface area contributed by atoms with Gasteiger partial charge in [0.15, 0.2) is 5.69 Å². The summed E-state index contributed by atoms with van der Waals surface area (Å²) in [6.07, 6.45) is 0. The summed E-state index contributed by atoms with van der Waals surface area (Å²) in [5.41, 5.74) is 0.0409. The number of carbonyl (C=O) groups excluding carboxylic acids is 1. The highest BCUT2D eigenvalue weighted by Crippen LogP contribution is 2.15. The number of pyridine rings is 1. The van der Waals surface area contributed by atoms with Gasteiger partial charge in [0, 0.05) is 39.3 Å². The molecule has 2 amide bonds. The zero-order valence-corrected chi connectivity index (χ0v) is 13.0. The molecular weight excluding hydrogens is 284 g/mol. The van der Waals surface area contributed by atoms with E-state index in [0.717, 1.165) is 0 Å². The van der Waals surface area contributed by atoms with E-state index in [2.05, 4.69) is 4.98 Å². The van der Waals surface area contributed by atoms with Gasteiger partial charge < -0.3 is 19.8 Å². The normalized spacial score (nSPS) is 14.8. The van der Waals surface area contributed by atoms with Crippen molar-refractivity contribution in [1.29, 1.82) is 0 Å². The highest BCUT2D eigenvalue weighted by molar-refractivity contribution is 5.85. The number of rotatable bonds is 4. The lowest BCUT2D eigenvalue weighted by atomic mass is 10.3. The molecule has 1 N–H and O–H groups in total. The van der Waals surface area contributed by atoms with Gasteiger partial charge in [-0.2, -0.15) is 0 Å². The molecule has 0 spiro atoms. The van der Waals surface area contributed by atoms with E-state index >= 15 is 0 Å². The molecule has 0 bridgehead atoms. The smallest absolute Gasteiger partial charge is 0.354 e. The summed E-state index contributed by atoms with van der Waals surface area (Å²) in [5.74, 6) is -0.382. The number of nitrogens with zero attached hydrogens (tertiary/aromatic N) is 4. The van der Waals surface area contributed by atoms with Crippen LogP contribution in [0.5, 0.6) is 0 Å². The Morgan fingerprint density at radius 3 is 2.36 bits per heavy atom. The fourth-order valence-electron chi connectivity index (χ4n) is 2.54. The maximum atomic E-state index is 12.3. The Bertz CT molecular complexity index is 537. The van der Waals surface area contributed by atoms with Crippen molar-refractivity contribution in [3.8, 4) is 0 Å². The molecule has 0 unspecified atom stereocenters. The van der Waals surface area contributed by atoms with Crippen molar-refractivity contribution >= 4 is 17.8 Å². The third-order valence-corrected chi connectivity index (χ3v) is 3.86. The van der Waals surface area contributed by atoms with Crippen LogP contribution in [0.1, 0.15) is 24.3 Å². The largest absolute Gasteiger partial charge is 0.477 e. The first-order valence-electron chi connectivity index (χ1n) is 7.56. The molecule has 1 fully saturated rings. The van der Waals surface area contributed by atoms with Gasteiger partial charge in [-0.05, 0) is 26.0 Å². The number of hydrogen-bond donors (Lipinski definition) is 1. The predicted octanol–water partition coefficient (Wildman–Crippen LogP) is 1.36. The summed E-state index contributed by atoms with van der Waals surface area (Å²) in [5, 5.41) is 9.00. The molecule has 0 atom stereocenters. The van der Waals surface area contributed by atoms with Gasteiger partial charge in [-0.1, -0.05) is 6.07 Å². The van der Waals surface area contributed by atoms with Crippen LogP contribution >= 0.6 is 0 Å². The van der Waals surface area contributed by atoms with Crippen molar-refractivity contribution < 1.29 is 14.7 Å². The van der Waals surface area contributed by atoms with Gasteiger partial charge in [0.1, 0.15) is 5.82 Å². The van der Waals surface area contributed by atoms with Gasteiger partial charge in [-0.3, -0.25) is 0 Å². The molecular formula is C15H22N4O3. The molecule has 7 heteroatoms. The lowest BCUT2D eigenvalue weighted by molar-refractivity contribution is 0.0690. The highest BCUT2D eigenvalue weighted by atomic mass is 16.4. The summed E-state index contributed by atoms with van der Waals surface area (Å²) in [6.45, 7) is 7.91. The van der Waals surface area contributed by atoms with Crippen LogP contribution in [0, 0.1) is 0 Å². The van der Waals surface area contributed by atoms with E-state index in [-0.39, 0.29) is 11.7 Å². The fourth-order valence-corrected chi connectivity index (χ4v) is 2.54. The number of aromatic carboxylic acids is 1. The molecule has 22 heavy (non-hydrogen) atoms. The summed E-state index contributed by atoms with van der Waals surface area (Å²) in [7, 11) is 0. The van der Waals surface area contributed by atoms with Crippen molar-refractivity contribution in [2.45, 2.75) is 13.8 Å². The van der Waals surface area contributed by atoms with Gasteiger partial charge in [0.25, 0.3) is 0 Å². The van der Waals surface area contributed by atoms with E-state index in [1.165, 1.54) is 6.07 Å². The molecule has 0 aliphatic carbocycles. The molecule has 2 rings (SSSR count). The van der Waals surface area contributed by atoms with E-state index in [1.807, 2.05) is 23.6 Å². The lowest BCUT2D eigenvalue weighted by Crippen LogP contribution is -2.53. The highest BCUT2D eigenvalue weighted by Gasteiger charge is 2.24. The number of carboxylic acids is 1. The molecule has 1 aliphatic heterocycles. The van der Waals surface area contributed by atoms with Crippen LogP contribution in [0.15, 0.2) is 18.2 Å². The Morgan fingerprint density at radius 2 is 1.82 bits per heavy atom. The Kier molecular flexibility index (Phi) is 5.19. The van der Waals surface area contributed by atoms with Crippen LogP contribution in [0.25, 0.3) is 0 Å². The monoisotopic (exact) mass is 306 g/mol. The van der Waals surface area contributed by atoms with Crippen LogP contribution in [0.2, 0.25) is 0 Å². The van der Waals surface area contributed by atoms with Crippen molar-refractivity contribution in [2.24, 2.45) is 0 Å². The molecule has 1 saturated heterocycles. The van der Waals surface area contributed by atoms with Crippen LogP contribution < -0.4 is 4.90 Å². The molecule has 1 aliphatic rings. The Hall–Kier alpha value is -2.31. The molecule has 1 aromatic rings. The minimum atomic E-state index is -1.03. The van der Waals surface area contributed by atoms with Gasteiger partial charge >= 0.3 is 12.0 Å². The van der Waals surface area contributed by atoms with E-state index in [1.54, 1.807) is 17.0 Å². The Morgan fingerprint density at radius 1 is 1.18 bits per heavy atom. The van der Waals surface area contributed by atoms with E-state index in [0.29, 0.717) is 45.1 Å². The summed E-state index contributed by atoms with van der Waals surface area (Å²) < 4.78 is 0. The summed E-state index contributed by atoms with van der Waals surface area (Å²) in [6, 6.07) is 5.04. The Labute approximate surface area is 130 Å². The van der Waals surface area contributed by atoms with Crippen LogP contribution in [0.4, 0.5) is 10.6 Å². The van der Waals surface area contributed by atoms with Crippen molar-refractivity contribution in [3.63, 3.8) is 0 Å². The molecule has 0 saturated carbocycles. The minimum Gasteiger partial charge on any atom is -0.477 e. The quantitative estimate of drug-likeness (QED) is 0.909. The molecule has 0 radical (unpaired) electrons. The number of anilines is 1. The first kappa shape index (κ1) is 16.1. The van der Waals surface area contributed by atoms with Crippen LogP contribution in [0.3, 0.4) is 0 Å². The van der Waals surface area contributed by atoms with E-state index < -0.39 is 5.97 Å². The second-order valence-electron chi connectivity index (χ2n) is 5.12. The third kappa shape index (κ3) is 3.47. The van der Waals surface area contributed by atoms with Crippen molar-refractivity contribution in [3.05, 3.63) is 23.9 Å². The number of hydrogen-bond acceptors (Lipinski definition) is 4. The summed E-state index contributed by atoms with van der Waals surface area (Å²) >= 11 is 0. The maximum Gasteiger partial charge on any atom is 0.354 e. The van der Waals surface area contributed by atoms with Crippen molar-refractivity contribution in [1.82, 2.24) is 14.8 Å². The topological polar surface area (TPSA) is 77.0 Å². The van der Waals surface area contributed by atoms with Gasteiger partial charge in [0.2, 0.25) is 0 Å². The Balaban J connectivity index is 1.99. The first-order chi connectivity index (χ1) is 10.6. The third-order valence-electron chi connectivity index (χ3n) is 3.86. The lowest BCUT2D eigenvalue weighted by Gasteiger charge is -2.37. The number of amides is 2.